The summed E-state index contributed by atoms with van der Waals surface area (Å²) in [5.74, 6) is 0.894. The maximum absolute atomic E-state index is 13.4. The Hall–Kier alpha value is -0.913. The third kappa shape index (κ3) is 4.29. The maximum Gasteiger partial charge on any atom is 0.242 e. The third-order valence-corrected chi connectivity index (χ3v) is 4.28. The molecule has 0 aromatic heterocycles. The number of nitrogens with one attached hydrogen (secondary N) is 1. The Morgan fingerprint density at radius 2 is 1.80 bits per heavy atom. The van der Waals surface area contributed by atoms with Gasteiger partial charge in [-0.05, 0) is 37.3 Å². The lowest BCUT2D eigenvalue weighted by atomic mass is 10.1. The van der Waals surface area contributed by atoms with Crippen LogP contribution in [0.4, 0.5) is 4.39 Å². The van der Waals surface area contributed by atoms with Crippen LogP contribution in [0.1, 0.15) is 11.6 Å². The summed E-state index contributed by atoms with van der Waals surface area (Å²) in [5, 5.41) is 3.30. The molecular weight excluding hydrogens is 271 g/mol. The first-order chi connectivity index (χ1) is 9.49. The van der Waals surface area contributed by atoms with E-state index in [1.54, 1.807) is 0 Å². The standard InChI is InChI=1S/C15H25FN2OSi/c1-20(2,3)19-14-6-4-13(5-7-14)15(12-16)18-10-8-17-9-11-18/h4-7,15,17H,8-12H2,1-3H3/t15-/m1/s1. The zero-order chi connectivity index (χ0) is 14.6. The molecule has 2 rings (SSSR count). The summed E-state index contributed by atoms with van der Waals surface area (Å²) in [6.07, 6.45) is 0. The minimum atomic E-state index is -1.58. The van der Waals surface area contributed by atoms with Crippen LogP contribution >= 0.6 is 0 Å². The molecule has 1 atom stereocenters. The molecule has 1 aliphatic rings. The van der Waals surface area contributed by atoms with E-state index in [0.717, 1.165) is 37.5 Å². The average molecular weight is 296 g/mol. The van der Waals surface area contributed by atoms with Gasteiger partial charge in [0.15, 0.2) is 0 Å². The van der Waals surface area contributed by atoms with Crippen LogP contribution in [0.5, 0.6) is 5.75 Å². The van der Waals surface area contributed by atoms with E-state index in [-0.39, 0.29) is 12.7 Å². The van der Waals surface area contributed by atoms with Crippen LogP contribution in [0, 0.1) is 0 Å². The Labute approximate surface area is 122 Å². The number of hydrogen-bond acceptors (Lipinski definition) is 3. The van der Waals surface area contributed by atoms with Gasteiger partial charge in [0.2, 0.25) is 8.32 Å². The van der Waals surface area contributed by atoms with Gasteiger partial charge in [-0.15, -0.1) is 0 Å². The second kappa shape index (κ2) is 6.69. The number of piperazine rings is 1. The van der Waals surface area contributed by atoms with Crippen LogP contribution in [0.3, 0.4) is 0 Å². The zero-order valence-corrected chi connectivity index (χ0v) is 13.7. The maximum atomic E-state index is 13.4. The first-order valence-electron chi connectivity index (χ1n) is 7.29. The molecule has 5 heteroatoms. The Kier molecular flexibility index (Phi) is 5.18. The normalized spacial score (nSPS) is 18.8. The lowest BCUT2D eigenvalue weighted by Gasteiger charge is -2.33. The number of benzene rings is 1. The quantitative estimate of drug-likeness (QED) is 0.846. The molecule has 0 unspecified atom stereocenters. The molecule has 0 spiro atoms. The fourth-order valence-electron chi connectivity index (χ4n) is 2.50. The molecule has 0 amide bonds. The summed E-state index contributed by atoms with van der Waals surface area (Å²) < 4.78 is 19.4. The van der Waals surface area contributed by atoms with Crippen molar-refractivity contribution in [2.75, 3.05) is 32.9 Å². The average Bonchev–Trinajstić information content (AvgIpc) is 2.41. The van der Waals surface area contributed by atoms with Crippen molar-refractivity contribution in [2.45, 2.75) is 25.7 Å². The SMILES string of the molecule is C[Si](C)(C)Oc1ccc([C@@H](CF)N2CCNCC2)cc1. The van der Waals surface area contributed by atoms with Gasteiger partial charge >= 0.3 is 0 Å². The smallest absolute Gasteiger partial charge is 0.242 e. The van der Waals surface area contributed by atoms with Crippen LogP contribution in [0.2, 0.25) is 19.6 Å². The van der Waals surface area contributed by atoms with Gasteiger partial charge in [0, 0.05) is 26.2 Å². The summed E-state index contributed by atoms with van der Waals surface area (Å²) in [4.78, 5) is 2.21. The largest absolute Gasteiger partial charge is 0.544 e. The predicted octanol–water partition coefficient (Wildman–Crippen LogP) is 2.82. The van der Waals surface area contributed by atoms with E-state index in [4.69, 9.17) is 4.43 Å². The van der Waals surface area contributed by atoms with Crippen molar-refractivity contribution in [1.82, 2.24) is 10.2 Å². The van der Waals surface area contributed by atoms with Crippen LogP contribution in [-0.4, -0.2) is 46.1 Å². The molecule has 1 N–H and O–H groups in total. The first kappa shape index (κ1) is 15.5. The molecule has 1 aromatic carbocycles. The van der Waals surface area contributed by atoms with E-state index in [1.807, 2.05) is 24.3 Å². The van der Waals surface area contributed by atoms with E-state index in [0.29, 0.717) is 0 Å². The number of alkyl halides is 1. The van der Waals surface area contributed by atoms with Gasteiger partial charge in [-0.1, -0.05) is 12.1 Å². The van der Waals surface area contributed by atoms with Gasteiger partial charge in [-0.3, -0.25) is 4.90 Å². The van der Waals surface area contributed by atoms with Crippen LogP contribution < -0.4 is 9.74 Å². The number of hydrogen-bond donors (Lipinski definition) is 1. The molecule has 3 nitrogen and oxygen atoms in total. The topological polar surface area (TPSA) is 24.5 Å². The van der Waals surface area contributed by atoms with E-state index in [2.05, 4.69) is 29.9 Å². The van der Waals surface area contributed by atoms with Gasteiger partial charge < -0.3 is 9.74 Å². The second-order valence-corrected chi connectivity index (χ2v) is 10.7. The Morgan fingerprint density at radius 1 is 1.20 bits per heavy atom. The first-order valence-corrected chi connectivity index (χ1v) is 10.7. The van der Waals surface area contributed by atoms with Crippen LogP contribution in [0.25, 0.3) is 0 Å². The third-order valence-electron chi connectivity index (χ3n) is 3.43. The monoisotopic (exact) mass is 296 g/mol. The number of halogens is 1. The number of rotatable bonds is 5. The highest BCUT2D eigenvalue weighted by Crippen LogP contribution is 2.25. The van der Waals surface area contributed by atoms with Crippen molar-refractivity contribution in [2.24, 2.45) is 0 Å². The molecule has 1 saturated heterocycles. The highest BCUT2D eigenvalue weighted by Gasteiger charge is 2.22. The van der Waals surface area contributed by atoms with Crippen molar-refractivity contribution >= 4 is 8.32 Å². The van der Waals surface area contributed by atoms with Gasteiger partial charge in [0.1, 0.15) is 12.4 Å². The minimum absolute atomic E-state index is 0.127. The summed E-state index contributed by atoms with van der Waals surface area (Å²) in [5.41, 5.74) is 1.04. The van der Waals surface area contributed by atoms with Crippen molar-refractivity contribution in [3.05, 3.63) is 29.8 Å². The summed E-state index contributed by atoms with van der Waals surface area (Å²) in [6, 6.07) is 7.82. The van der Waals surface area contributed by atoms with E-state index in [1.165, 1.54) is 0 Å². The molecule has 0 radical (unpaired) electrons. The van der Waals surface area contributed by atoms with Gasteiger partial charge in [-0.25, -0.2) is 4.39 Å². The molecule has 0 saturated carbocycles. The van der Waals surface area contributed by atoms with Crippen LogP contribution in [0.15, 0.2) is 24.3 Å². The molecule has 20 heavy (non-hydrogen) atoms. The summed E-state index contributed by atoms with van der Waals surface area (Å²) in [7, 11) is -1.58. The molecule has 1 aromatic rings. The van der Waals surface area contributed by atoms with E-state index >= 15 is 0 Å². The van der Waals surface area contributed by atoms with Crippen molar-refractivity contribution in [3.63, 3.8) is 0 Å². The fourth-order valence-corrected chi connectivity index (χ4v) is 3.35. The Balaban J connectivity index is 2.06. The van der Waals surface area contributed by atoms with Gasteiger partial charge in [-0.2, -0.15) is 0 Å². The zero-order valence-electron chi connectivity index (χ0n) is 12.7. The van der Waals surface area contributed by atoms with E-state index < -0.39 is 8.32 Å². The molecule has 112 valence electrons. The molecule has 0 bridgehead atoms. The fraction of sp³-hybridized carbons (Fsp3) is 0.600. The lowest BCUT2D eigenvalue weighted by molar-refractivity contribution is 0.147. The molecular formula is C15H25FN2OSi. The highest BCUT2D eigenvalue weighted by molar-refractivity contribution is 6.70. The minimum Gasteiger partial charge on any atom is -0.544 e. The Bertz CT molecular complexity index is 413. The van der Waals surface area contributed by atoms with Gasteiger partial charge in [0.05, 0.1) is 6.04 Å². The summed E-state index contributed by atoms with van der Waals surface area (Å²) >= 11 is 0. The van der Waals surface area contributed by atoms with Crippen molar-refractivity contribution in [3.8, 4) is 5.75 Å². The lowest BCUT2D eigenvalue weighted by Crippen LogP contribution is -2.45. The molecule has 1 aliphatic heterocycles. The van der Waals surface area contributed by atoms with Crippen molar-refractivity contribution in [1.29, 1.82) is 0 Å². The molecule has 0 aliphatic carbocycles. The summed E-state index contributed by atoms with van der Waals surface area (Å²) in [6.45, 7) is 9.82. The Morgan fingerprint density at radius 3 is 2.30 bits per heavy atom. The molecule has 1 heterocycles. The van der Waals surface area contributed by atoms with Gasteiger partial charge in [0.25, 0.3) is 0 Å². The van der Waals surface area contributed by atoms with Crippen LogP contribution in [-0.2, 0) is 0 Å². The molecule has 1 fully saturated rings. The van der Waals surface area contributed by atoms with Crippen molar-refractivity contribution < 1.29 is 8.82 Å². The van der Waals surface area contributed by atoms with E-state index in [9.17, 15) is 4.39 Å². The highest BCUT2D eigenvalue weighted by atomic mass is 28.4. The number of nitrogens with zero attached hydrogens (tertiary/aromatic N) is 1. The second-order valence-electron chi connectivity index (χ2n) is 6.24. The predicted molar refractivity (Wildman–Crippen MR) is 83.6 cm³/mol.